The van der Waals surface area contributed by atoms with E-state index in [9.17, 15) is 9.59 Å². The van der Waals surface area contributed by atoms with Gasteiger partial charge in [-0.15, -0.1) is 0 Å². The summed E-state index contributed by atoms with van der Waals surface area (Å²) in [5, 5.41) is 0. The van der Waals surface area contributed by atoms with Crippen molar-refractivity contribution in [1.29, 1.82) is 0 Å². The van der Waals surface area contributed by atoms with Gasteiger partial charge in [0.2, 0.25) is 0 Å². The molecule has 0 bridgehead atoms. The highest BCUT2D eigenvalue weighted by Crippen LogP contribution is 1.70. The lowest BCUT2D eigenvalue weighted by Crippen LogP contribution is -1.65. The van der Waals surface area contributed by atoms with Crippen molar-refractivity contribution >= 4 is 12.6 Å². The quantitative estimate of drug-likeness (QED) is 0.415. The van der Waals surface area contributed by atoms with E-state index in [1.54, 1.807) is 6.92 Å². The van der Waals surface area contributed by atoms with Crippen molar-refractivity contribution in [3.05, 3.63) is 12.2 Å². The molecule has 2 heteroatoms. The Labute approximate surface area is 55.6 Å². The van der Waals surface area contributed by atoms with Crippen LogP contribution in [0.1, 0.15) is 20.3 Å². The summed E-state index contributed by atoms with van der Waals surface area (Å²) < 4.78 is 0. The van der Waals surface area contributed by atoms with Gasteiger partial charge in [0, 0.05) is 6.42 Å². The molecule has 0 aliphatic heterocycles. The Kier molecular flexibility index (Phi) is 12.3. The number of hydrogen-bond donors (Lipinski definition) is 0. The molecule has 0 aromatic carbocycles. The standard InChI is InChI=1S/C4H6O.C3H6O/c1-4(2)3-5;1-2-3-4/h3H,1H2,2H3;3H,2H2,1H3. The SMILES string of the molecule is C=C(C)C=O.CCC=O. The van der Waals surface area contributed by atoms with Crippen molar-refractivity contribution < 1.29 is 9.59 Å². The number of carbonyl (C=O) groups excluding carboxylic acids is 2. The Hall–Kier alpha value is -0.920. The molecule has 0 unspecified atom stereocenters. The molecular formula is C7H12O2. The van der Waals surface area contributed by atoms with Crippen molar-refractivity contribution in [1.82, 2.24) is 0 Å². The van der Waals surface area contributed by atoms with Crippen molar-refractivity contribution in [2.45, 2.75) is 20.3 Å². The van der Waals surface area contributed by atoms with Crippen LogP contribution in [0.5, 0.6) is 0 Å². The zero-order valence-electron chi connectivity index (χ0n) is 5.89. The summed E-state index contributed by atoms with van der Waals surface area (Å²) in [5.74, 6) is 0. The smallest absolute Gasteiger partial charge is 0.145 e. The summed E-state index contributed by atoms with van der Waals surface area (Å²) in [7, 11) is 0. The minimum Gasteiger partial charge on any atom is -0.303 e. The zero-order valence-corrected chi connectivity index (χ0v) is 5.89. The molecule has 0 aliphatic rings. The van der Waals surface area contributed by atoms with Gasteiger partial charge in [-0.05, 0) is 12.5 Å². The van der Waals surface area contributed by atoms with Crippen LogP contribution in [0, 0.1) is 0 Å². The average Bonchev–Trinajstić information content (AvgIpc) is 1.89. The van der Waals surface area contributed by atoms with Crippen LogP contribution in [0.4, 0.5) is 0 Å². The van der Waals surface area contributed by atoms with Crippen molar-refractivity contribution in [3.8, 4) is 0 Å². The lowest BCUT2D eigenvalue weighted by molar-refractivity contribution is -0.107. The van der Waals surface area contributed by atoms with E-state index in [1.807, 2.05) is 6.92 Å². The molecule has 0 amide bonds. The molecule has 0 aromatic rings. The first-order valence-electron chi connectivity index (χ1n) is 2.73. The third-order valence-electron chi connectivity index (χ3n) is 0.368. The summed E-state index contributed by atoms with van der Waals surface area (Å²) in [6, 6.07) is 0. The normalized spacial score (nSPS) is 6.44. The van der Waals surface area contributed by atoms with Crippen LogP contribution >= 0.6 is 0 Å². The van der Waals surface area contributed by atoms with Gasteiger partial charge in [-0.25, -0.2) is 0 Å². The predicted octanol–water partition coefficient (Wildman–Crippen LogP) is 1.36. The van der Waals surface area contributed by atoms with Crippen LogP contribution < -0.4 is 0 Å². The first-order valence-corrected chi connectivity index (χ1v) is 2.73. The van der Waals surface area contributed by atoms with Gasteiger partial charge in [-0.1, -0.05) is 13.5 Å². The fraction of sp³-hybridized carbons (Fsp3) is 0.429. The van der Waals surface area contributed by atoms with Crippen LogP contribution in [-0.2, 0) is 9.59 Å². The van der Waals surface area contributed by atoms with E-state index in [-0.39, 0.29) is 0 Å². The van der Waals surface area contributed by atoms with Crippen LogP contribution in [-0.4, -0.2) is 12.6 Å². The van der Waals surface area contributed by atoms with E-state index in [2.05, 4.69) is 6.58 Å². The van der Waals surface area contributed by atoms with Gasteiger partial charge in [-0.3, -0.25) is 4.79 Å². The van der Waals surface area contributed by atoms with Crippen LogP contribution in [0.15, 0.2) is 12.2 Å². The maximum absolute atomic E-state index is 9.41. The van der Waals surface area contributed by atoms with Gasteiger partial charge in [0.05, 0.1) is 0 Å². The van der Waals surface area contributed by atoms with Gasteiger partial charge < -0.3 is 4.79 Å². The van der Waals surface area contributed by atoms with Crippen molar-refractivity contribution in [2.24, 2.45) is 0 Å². The van der Waals surface area contributed by atoms with Gasteiger partial charge in [0.25, 0.3) is 0 Å². The summed E-state index contributed by atoms with van der Waals surface area (Å²) in [6.45, 7) is 6.78. The average molecular weight is 128 g/mol. The highest BCUT2D eigenvalue weighted by molar-refractivity contribution is 5.70. The summed E-state index contributed by atoms with van der Waals surface area (Å²) in [4.78, 5) is 18.6. The third-order valence-corrected chi connectivity index (χ3v) is 0.368. The molecule has 0 spiro atoms. The molecule has 0 radical (unpaired) electrons. The van der Waals surface area contributed by atoms with Crippen LogP contribution in [0.2, 0.25) is 0 Å². The van der Waals surface area contributed by atoms with E-state index < -0.39 is 0 Å². The first kappa shape index (κ1) is 11.0. The first-order chi connectivity index (χ1) is 4.18. The third kappa shape index (κ3) is 42.2. The molecule has 0 saturated carbocycles. The van der Waals surface area contributed by atoms with E-state index in [0.717, 1.165) is 12.6 Å². The molecule has 52 valence electrons. The van der Waals surface area contributed by atoms with Crippen molar-refractivity contribution in [2.75, 3.05) is 0 Å². The molecule has 0 fully saturated rings. The Morgan fingerprint density at radius 2 is 1.78 bits per heavy atom. The van der Waals surface area contributed by atoms with Crippen LogP contribution in [0.3, 0.4) is 0 Å². The highest BCUT2D eigenvalue weighted by atomic mass is 16.1. The molecule has 0 saturated heterocycles. The summed E-state index contributed by atoms with van der Waals surface area (Å²) in [5.41, 5.74) is 0.574. The monoisotopic (exact) mass is 128 g/mol. The Morgan fingerprint density at radius 1 is 1.56 bits per heavy atom. The second-order valence-corrected chi connectivity index (χ2v) is 1.54. The molecule has 0 N–H and O–H groups in total. The lowest BCUT2D eigenvalue weighted by Gasteiger charge is -1.65. The topological polar surface area (TPSA) is 34.1 Å². The summed E-state index contributed by atoms with van der Waals surface area (Å²) in [6.07, 6.45) is 2.24. The van der Waals surface area contributed by atoms with E-state index in [1.165, 1.54) is 0 Å². The predicted molar refractivity (Wildman–Crippen MR) is 37.2 cm³/mol. The minimum atomic E-state index is 0.574. The summed E-state index contributed by atoms with van der Waals surface area (Å²) >= 11 is 0. The van der Waals surface area contributed by atoms with Gasteiger partial charge >= 0.3 is 0 Å². The Balaban J connectivity index is 0. The maximum atomic E-state index is 9.41. The number of aldehydes is 2. The van der Waals surface area contributed by atoms with E-state index in [0.29, 0.717) is 12.0 Å². The molecule has 0 rings (SSSR count). The molecule has 2 nitrogen and oxygen atoms in total. The second-order valence-electron chi connectivity index (χ2n) is 1.54. The van der Waals surface area contributed by atoms with Gasteiger partial charge in [-0.2, -0.15) is 0 Å². The number of hydrogen-bond acceptors (Lipinski definition) is 2. The molecule has 0 atom stereocenters. The Bertz CT molecular complexity index is 95.1. The molecule has 9 heavy (non-hydrogen) atoms. The largest absolute Gasteiger partial charge is 0.303 e. The molecule has 0 aromatic heterocycles. The molecular weight excluding hydrogens is 116 g/mol. The molecule has 0 aliphatic carbocycles. The zero-order chi connectivity index (χ0) is 7.70. The second kappa shape index (κ2) is 10.1. The van der Waals surface area contributed by atoms with Crippen molar-refractivity contribution in [3.63, 3.8) is 0 Å². The fourth-order valence-electron chi connectivity index (χ4n) is 0. The minimum absolute atomic E-state index is 0.574. The number of allylic oxidation sites excluding steroid dienone is 1. The Morgan fingerprint density at radius 3 is 1.78 bits per heavy atom. The maximum Gasteiger partial charge on any atom is 0.145 e. The number of carbonyl (C=O) groups is 2. The highest BCUT2D eigenvalue weighted by Gasteiger charge is 1.66. The van der Waals surface area contributed by atoms with E-state index >= 15 is 0 Å². The van der Waals surface area contributed by atoms with Gasteiger partial charge in [0.1, 0.15) is 12.6 Å². The number of rotatable bonds is 2. The lowest BCUT2D eigenvalue weighted by atomic mass is 10.4. The van der Waals surface area contributed by atoms with E-state index in [4.69, 9.17) is 0 Å². The molecule has 0 heterocycles. The fourth-order valence-corrected chi connectivity index (χ4v) is 0. The van der Waals surface area contributed by atoms with Gasteiger partial charge in [0.15, 0.2) is 0 Å². The van der Waals surface area contributed by atoms with Crippen LogP contribution in [0.25, 0.3) is 0 Å².